The number of hydrogen-bond acceptors (Lipinski definition) is 2. The minimum absolute atomic E-state index is 0.475. The second-order valence-corrected chi connectivity index (χ2v) is 7.91. The van der Waals surface area contributed by atoms with Gasteiger partial charge in [0.1, 0.15) is 12.4 Å². The van der Waals surface area contributed by atoms with Gasteiger partial charge in [-0.05, 0) is 52.7 Å². The Kier molecular flexibility index (Phi) is 6.15. The molecule has 0 aliphatic heterocycles. The van der Waals surface area contributed by atoms with Crippen molar-refractivity contribution in [1.82, 2.24) is 0 Å². The maximum absolute atomic E-state index is 6.22. The van der Waals surface area contributed by atoms with Crippen molar-refractivity contribution in [3.05, 3.63) is 105 Å². The molecule has 0 saturated carbocycles. The second kappa shape index (κ2) is 8.96. The summed E-state index contributed by atoms with van der Waals surface area (Å²) in [5.41, 5.74) is 2.98. The molecule has 4 aromatic rings. The minimum Gasteiger partial charge on any atom is -0.489 e. The fourth-order valence-corrected chi connectivity index (χ4v) is 3.70. The lowest BCUT2D eigenvalue weighted by Gasteiger charge is -2.15. The molecule has 146 valence electrons. The number of nitrogens with one attached hydrogen (secondary N) is 1. The molecule has 0 heterocycles. The van der Waals surface area contributed by atoms with Crippen molar-refractivity contribution < 1.29 is 4.74 Å². The van der Waals surface area contributed by atoms with Gasteiger partial charge in [0.25, 0.3) is 0 Å². The lowest BCUT2D eigenvalue weighted by Crippen LogP contribution is -2.04. The third-order valence-electron chi connectivity index (χ3n) is 4.69. The standard InChI is InChI=1S/C24H18Cl3NO/c25-19-8-11-24(18(12-19)14-28-20-9-10-22(26)23(27)13-20)29-15-17-6-3-5-16-4-1-2-7-21(16)17/h1-13,28H,14-15H2. The Morgan fingerprint density at radius 1 is 0.724 bits per heavy atom. The summed E-state index contributed by atoms with van der Waals surface area (Å²) in [4.78, 5) is 0. The van der Waals surface area contributed by atoms with Crippen LogP contribution in [-0.2, 0) is 13.2 Å². The lowest BCUT2D eigenvalue weighted by molar-refractivity contribution is 0.305. The predicted molar refractivity (Wildman–Crippen MR) is 124 cm³/mol. The van der Waals surface area contributed by atoms with E-state index in [4.69, 9.17) is 39.5 Å². The summed E-state index contributed by atoms with van der Waals surface area (Å²) in [6.45, 7) is 1.02. The highest BCUT2D eigenvalue weighted by atomic mass is 35.5. The molecular weight excluding hydrogens is 425 g/mol. The van der Waals surface area contributed by atoms with Gasteiger partial charge >= 0.3 is 0 Å². The first kappa shape index (κ1) is 19.9. The van der Waals surface area contributed by atoms with Crippen LogP contribution in [0.25, 0.3) is 10.8 Å². The van der Waals surface area contributed by atoms with Gasteiger partial charge in [-0.25, -0.2) is 0 Å². The van der Waals surface area contributed by atoms with Crippen LogP contribution in [0.3, 0.4) is 0 Å². The van der Waals surface area contributed by atoms with Crippen LogP contribution in [0.1, 0.15) is 11.1 Å². The molecule has 1 N–H and O–H groups in total. The molecular formula is C24H18Cl3NO. The number of fused-ring (bicyclic) bond motifs is 1. The van der Waals surface area contributed by atoms with Crippen LogP contribution in [0.4, 0.5) is 5.69 Å². The van der Waals surface area contributed by atoms with E-state index in [0.717, 1.165) is 22.6 Å². The third-order valence-corrected chi connectivity index (χ3v) is 5.66. The second-order valence-electron chi connectivity index (χ2n) is 6.66. The molecule has 0 radical (unpaired) electrons. The van der Waals surface area contributed by atoms with Gasteiger partial charge in [0.2, 0.25) is 0 Å². The topological polar surface area (TPSA) is 21.3 Å². The number of hydrogen-bond donors (Lipinski definition) is 1. The average Bonchev–Trinajstić information content (AvgIpc) is 2.74. The lowest BCUT2D eigenvalue weighted by atomic mass is 10.1. The van der Waals surface area contributed by atoms with Crippen LogP contribution >= 0.6 is 34.8 Å². The fraction of sp³-hybridized carbons (Fsp3) is 0.0833. The molecule has 0 atom stereocenters. The van der Waals surface area contributed by atoms with Gasteiger partial charge in [0.15, 0.2) is 0 Å². The summed E-state index contributed by atoms with van der Waals surface area (Å²) in [5.74, 6) is 0.787. The Hall–Kier alpha value is -2.39. The summed E-state index contributed by atoms with van der Waals surface area (Å²) in [6.07, 6.45) is 0. The minimum atomic E-state index is 0.475. The van der Waals surface area contributed by atoms with Gasteiger partial charge in [-0.3, -0.25) is 0 Å². The third kappa shape index (κ3) is 4.79. The van der Waals surface area contributed by atoms with E-state index in [1.54, 1.807) is 12.1 Å². The first-order chi connectivity index (χ1) is 14.1. The molecule has 0 aromatic heterocycles. The Labute approximate surface area is 185 Å². The van der Waals surface area contributed by atoms with E-state index in [1.165, 1.54) is 10.8 Å². The molecule has 4 aromatic carbocycles. The molecule has 0 amide bonds. The van der Waals surface area contributed by atoms with Crippen molar-refractivity contribution in [2.45, 2.75) is 13.2 Å². The smallest absolute Gasteiger partial charge is 0.124 e. The summed E-state index contributed by atoms with van der Waals surface area (Å²) < 4.78 is 6.17. The van der Waals surface area contributed by atoms with E-state index in [1.807, 2.05) is 36.4 Å². The van der Waals surface area contributed by atoms with E-state index in [9.17, 15) is 0 Å². The molecule has 0 fully saturated rings. The first-order valence-corrected chi connectivity index (χ1v) is 10.3. The molecule has 0 bridgehead atoms. The van der Waals surface area contributed by atoms with E-state index >= 15 is 0 Å². The SMILES string of the molecule is Clc1ccc(OCc2cccc3ccccc23)c(CNc2ccc(Cl)c(Cl)c2)c1. The Morgan fingerprint density at radius 2 is 1.55 bits per heavy atom. The highest BCUT2D eigenvalue weighted by molar-refractivity contribution is 6.42. The van der Waals surface area contributed by atoms with Crippen molar-refractivity contribution in [1.29, 1.82) is 0 Å². The number of halogens is 3. The summed E-state index contributed by atoms with van der Waals surface area (Å²) >= 11 is 18.3. The predicted octanol–water partition coefficient (Wildman–Crippen LogP) is 7.99. The maximum atomic E-state index is 6.22. The highest BCUT2D eigenvalue weighted by Gasteiger charge is 2.08. The number of ether oxygens (including phenoxy) is 1. The Bertz CT molecular complexity index is 1150. The van der Waals surface area contributed by atoms with E-state index in [-0.39, 0.29) is 0 Å². The largest absolute Gasteiger partial charge is 0.489 e. The summed E-state index contributed by atoms with van der Waals surface area (Å²) in [5, 5.41) is 7.43. The highest BCUT2D eigenvalue weighted by Crippen LogP contribution is 2.28. The molecule has 0 unspecified atom stereocenters. The number of rotatable bonds is 6. The van der Waals surface area contributed by atoms with Crippen LogP contribution in [-0.4, -0.2) is 0 Å². The Balaban J connectivity index is 1.52. The number of benzene rings is 4. The maximum Gasteiger partial charge on any atom is 0.124 e. The van der Waals surface area contributed by atoms with Crippen molar-refractivity contribution >= 4 is 51.3 Å². The van der Waals surface area contributed by atoms with Gasteiger partial charge in [-0.2, -0.15) is 0 Å². The molecule has 29 heavy (non-hydrogen) atoms. The first-order valence-electron chi connectivity index (χ1n) is 9.17. The van der Waals surface area contributed by atoms with Crippen LogP contribution in [0.15, 0.2) is 78.9 Å². The fourth-order valence-electron chi connectivity index (χ4n) is 3.20. The zero-order valence-corrected chi connectivity index (χ0v) is 17.7. The molecule has 0 saturated heterocycles. The normalized spacial score (nSPS) is 10.9. The Morgan fingerprint density at radius 3 is 2.41 bits per heavy atom. The molecule has 0 spiro atoms. The van der Waals surface area contributed by atoms with Gasteiger partial charge in [0, 0.05) is 22.8 Å². The van der Waals surface area contributed by atoms with Crippen LogP contribution < -0.4 is 10.1 Å². The van der Waals surface area contributed by atoms with Gasteiger partial charge < -0.3 is 10.1 Å². The van der Waals surface area contributed by atoms with Crippen molar-refractivity contribution in [2.24, 2.45) is 0 Å². The molecule has 0 aliphatic carbocycles. The van der Waals surface area contributed by atoms with Crippen molar-refractivity contribution in [3.8, 4) is 5.75 Å². The zero-order chi connectivity index (χ0) is 20.2. The van der Waals surface area contributed by atoms with Crippen LogP contribution in [0.5, 0.6) is 5.75 Å². The monoisotopic (exact) mass is 441 g/mol. The van der Waals surface area contributed by atoms with Crippen molar-refractivity contribution in [3.63, 3.8) is 0 Å². The molecule has 2 nitrogen and oxygen atoms in total. The van der Waals surface area contributed by atoms with Gasteiger partial charge in [0.05, 0.1) is 10.0 Å². The summed E-state index contributed by atoms with van der Waals surface area (Å²) in [6, 6.07) is 25.6. The number of anilines is 1. The average molecular weight is 443 g/mol. The van der Waals surface area contributed by atoms with Gasteiger partial charge in [-0.1, -0.05) is 77.3 Å². The van der Waals surface area contributed by atoms with Gasteiger partial charge in [-0.15, -0.1) is 0 Å². The molecule has 5 heteroatoms. The van der Waals surface area contributed by atoms with E-state index in [2.05, 4.69) is 35.6 Å². The molecule has 4 rings (SSSR count). The zero-order valence-electron chi connectivity index (χ0n) is 15.5. The summed E-state index contributed by atoms with van der Waals surface area (Å²) in [7, 11) is 0. The van der Waals surface area contributed by atoms with Crippen LogP contribution in [0.2, 0.25) is 15.1 Å². The molecule has 0 aliphatic rings. The van der Waals surface area contributed by atoms with Crippen LogP contribution in [0, 0.1) is 0 Å². The van der Waals surface area contributed by atoms with E-state index < -0.39 is 0 Å². The van der Waals surface area contributed by atoms with Crippen molar-refractivity contribution in [2.75, 3.05) is 5.32 Å². The van der Waals surface area contributed by atoms with E-state index in [0.29, 0.717) is 28.2 Å². The quantitative estimate of drug-likeness (QED) is 0.327.